The summed E-state index contributed by atoms with van der Waals surface area (Å²) in [6, 6.07) is 0. The molecule has 1 aliphatic heterocycles. The Morgan fingerprint density at radius 2 is 2.17 bits per heavy atom. The standard InChI is InChI=1S/C10H19NO/c11-10(5-2-6-10)7-4-9-3-1-8-12-9/h9H,1-8,11H2. The maximum atomic E-state index is 6.13. The van der Waals surface area contributed by atoms with Crippen LogP contribution < -0.4 is 5.73 Å². The van der Waals surface area contributed by atoms with Gasteiger partial charge in [-0.15, -0.1) is 0 Å². The van der Waals surface area contributed by atoms with Gasteiger partial charge < -0.3 is 10.5 Å². The maximum Gasteiger partial charge on any atom is 0.0576 e. The Bertz CT molecular complexity index is 148. The lowest BCUT2D eigenvalue weighted by molar-refractivity contribution is 0.0877. The topological polar surface area (TPSA) is 35.2 Å². The van der Waals surface area contributed by atoms with Crippen LogP contribution in [0.3, 0.4) is 0 Å². The fourth-order valence-electron chi connectivity index (χ4n) is 2.20. The molecule has 1 unspecified atom stereocenters. The van der Waals surface area contributed by atoms with Crippen molar-refractivity contribution in [1.29, 1.82) is 0 Å². The Balaban J connectivity index is 1.67. The summed E-state index contributed by atoms with van der Waals surface area (Å²) in [5.41, 5.74) is 6.33. The minimum absolute atomic E-state index is 0.200. The largest absolute Gasteiger partial charge is 0.378 e. The minimum Gasteiger partial charge on any atom is -0.378 e. The summed E-state index contributed by atoms with van der Waals surface area (Å²) in [4.78, 5) is 0. The van der Waals surface area contributed by atoms with Crippen LogP contribution in [0.25, 0.3) is 0 Å². The highest BCUT2D eigenvalue weighted by Crippen LogP contribution is 2.34. The highest BCUT2D eigenvalue weighted by atomic mass is 16.5. The molecule has 2 fully saturated rings. The lowest BCUT2D eigenvalue weighted by atomic mass is 9.74. The molecule has 1 saturated heterocycles. The SMILES string of the molecule is NC1(CCC2CCCO2)CCC1. The van der Waals surface area contributed by atoms with Crippen molar-refractivity contribution < 1.29 is 4.74 Å². The van der Waals surface area contributed by atoms with Gasteiger partial charge in [0.15, 0.2) is 0 Å². The van der Waals surface area contributed by atoms with Crippen LogP contribution in [0.15, 0.2) is 0 Å². The molecule has 0 aromatic carbocycles. The van der Waals surface area contributed by atoms with Crippen molar-refractivity contribution in [1.82, 2.24) is 0 Å². The molecule has 1 aliphatic carbocycles. The van der Waals surface area contributed by atoms with Crippen LogP contribution in [0.1, 0.15) is 44.9 Å². The predicted molar refractivity (Wildman–Crippen MR) is 49.0 cm³/mol. The van der Waals surface area contributed by atoms with Gasteiger partial charge in [0.2, 0.25) is 0 Å². The normalized spacial score (nSPS) is 33.2. The summed E-state index contributed by atoms with van der Waals surface area (Å²) in [5.74, 6) is 0. The van der Waals surface area contributed by atoms with E-state index in [0.29, 0.717) is 6.10 Å². The van der Waals surface area contributed by atoms with E-state index in [2.05, 4.69) is 0 Å². The summed E-state index contributed by atoms with van der Waals surface area (Å²) in [6.45, 7) is 0.974. The lowest BCUT2D eigenvalue weighted by Gasteiger charge is -2.38. The van der Waals surface area contributed by atoms with Crippen LogP contribution in [0.4, 0.5) is 0 Å². The molecule has 2 aliphatic rings. The average Bonchev–Trinajstić information content (AvgIpc) is 2.49. The van der Waals surface area contributed by atoms with Crippen LogP contribution in [-0.2, 0) is 4.74 Å². The molecule has 0 radical (unpaired) electrons. The molecule has 0 bridgehead atoms. The molecule has 2 rings (SSSR count). The zero-order valence-corrected chi connectivity index (χ0v) is 7.72. The molecule has 70 valence electrons. The fourth-order valence-corrected chi connectivity index (χ4v) is 2.20. The summed E-state index contributed by atoms with van der Waals surface area (Å²) >= 11 is 0. The van der Waals surface area contributed by atoms with E-state index in [0.717, 1.165) is 6.61 Å². The van der Waals surface area contributed by atoms with E-state index in [1.165, 1.54) is 44.9 Å². The van der Waals surface area contributed by atoms with Crippen LogP contribution >= 0.6 is 0 Å². The van der Waals surface area contributed by atoms with Crippen molar-refractivity contribution in [3.05, 3.63) is 0 Å². The molecule has 2 N–H and O–H groups in total. The van der Waals surface area contributed by atoms with Gasteiger partial charge in [0, 0.05) is 12.1 Å². The monoisotopic (exact) mass is 169 g/mol. The van der Waals surface area contributed by atoms with Crippen molar-refractivity contribution >= 4 is 0 Å². The third-order valence-corrected chi connectivity index (χ3v) is 3.34. The molecule has 1 atom stereocenters. The minimum atomic E-state index is 0.200. The van der Waals surface area contributed by atoms with Crippen LogP contribution in [0.5, 0.6) is 0 Å². The second-order valence-corrected chi connectivity index (χ2v) is 4.39. The Morgan fingerprint density at radius 3 is 2.67 bits per heavy atom. The molecule has 1 heterocycles. The summed E-state index contributed by atoms with van der Waals surface area (Å²) < 4.78 is 5.56. The fraction of sp³-hybridized carbons (Fsp3) is 1.00. The number of nitrogens with two attached hydrogens (primary N) is 1. The van der Waals surface area contributed by atoms with Gasteiger partial charge in [0.05, 0.1) is 6.10 Å². The van der Waals surface area contributed by atoms with E-state index in [1.807, 2.05) is 0 Å². The molecule has 2 heteroatoms. The summed E-state index contributed by atoms with van der Waals surface area (Å²) in [7, 11) is 0. The molecule has 0 amide bonds. The van der Waals surface area contributed by atoms with Crippen molar-refractivity contribution in [2.45, 2.75) is 56.6 Å². The zero-order chi connectivity index (χ0) is 8.44. The Morgan fingerprint density at radius 1 is 1.33 bits per heavy atom. The summed E-state index contributed by atoms with van der Waals surface area (Å²) in [6.07, 6.45) is 9.22. The zero-order valence-electron chi connectivity index (χ0n) is 7.72. The smallest absolute Gasteiger partial charge is 0.0576 e. The van der Waals surface area contributed by atoms with E-state index in [-0.39, 0.29) is 5.54 Å². The van der Waals surface area contributed by atoms with Gasteiger partial charge in [-0.3, -0.25) is 0 Å². The van der Waals surface area contributed by atoms with Crippen LogP contribution in [0, 0.1) is 0 Å². The molecule has 0 aromatic heterocycles. The van der Waals surface area contributed by atoms with Crippen molar-refractivity contribution in [2.24, 2.45) is 5.73 Å². The Hall–Kier alpha value is -0.0800. The first-order valence-electron chi connectivity index (χ1n) is 5.19. The molecule has 12 heavy (non-hydrogen) atoms. The van der Waals surface area contributed by atoms with Crippen molar-refractivity contribution in [3.8, 4) is 0 Å². The van der Waals surface area contributed by atoms with Gasteiger partial charge in [0.25, 0.3) is 0 Å². The highest BCUT2D eigenvalue weighted by molar-refractivity contribution is 4.92. The molecule has 1 saturated carbocycles. The number of rotatable bonds is 3. The van der Waals surface area contributed by atoms with Gasteiger partial charge in [-0.25, -0.2) is 0 Å². The predicted octanol–water partition coefficient (Wildman–Crippen LogP) is 1.83. The number of hydrogen-bond donors (Lipinski definition) is 1. The van der Waals surface area contributed by atoms with E-state index in [4.69, 9.17) is 10.5 Å². The number of ether oxygens (including phenoxy) is 1. The first kappa shape index (κ1) is 8.52. The van der Waals surface area contributed by atoms with Crippen molar-refractivity contribution in [3.63, 3.8) is 0 Å². The molecule has 0 aromatic rings. The Labute approximate surface area is 74.5 Å². The quantitative estimate of drug-likeness (QED) is 0.699. The number of hydrogen-bond acceptors (Lipinski definition) is 2. The molecular formula is C10H19NO. The molecule has 0 spiro atoms. The Kier molecular flexibility index (Phi) is 2.37. The van der Waals surface area contributed by atoms with Crippen LogP contribution in [0.2, 0.25) is 0 Å². The third kappa shape index (κ3) is 1.80. The second kappa shape index (κ2) is 3.35. The molecule has 2 nitrogen and oxygen atoms in total. The van der Waals surface area contributed by atoms with Gasteiger partial charge in [-0.05, 0) is 44.9 Å². The highest BCUT2D eigenvalue weighted by Gasteiger charge is 2.33. The average molecular weight is 169 g/mol. The van der Waals surface area contributed by atoms with E-state index < -0.39 is 0 Å². The first-order chi connectivity index (χ1) is 5.79. The maximum absolute atomic E-state index is 6.13. The lowest BCUT2D eigenvalue weighted by Crippen LogP contribution is -2.46. The first-order valence-corrected chi connectivity index (χ1v) is 5.19. The van der Waals surface area contributed by atoms with Gasteiger partial charge in [-0.1, -0.05) is 0 Å². The van der Waals surface area contributed by atoms with Crippen LogP contribution in [-0.4, -0.2) is 18.2 Å². The van der Waals surface area contributed by atoms with E-state index >= 15 is 0 Å². The van der Waals surface area contributed by atoms with Gasteiger partial charge in [0.1, 0.15) is 0 Å². The third-order valence-electron chi connectivity index (χ3n) is 3.34. The van der Waals surface area contributed by atoms with Gasteiger partial charge >= 0.3 is 0 Å². The van der Waals surface area contributed by atoms with Gasteiger partial charge in [-0.2, -0.15) is 0 Å². The van der Waals surface area contributed by atoms with E-state index in [9.17, 15) is 0 Å². The molecular weight excluding hydrogens is 150 g/mol. The van der Waals surface area contributed by atoms with E-state index in [1.54, 1.807) is 0 Å². The second-order valence-electron chi connectivity index (χ2n) is 4.39. The van der Waals surface area contributed by atoms with Crippen molar-refractivity contribution in [2.75, 3.05) is 6.61 Å². The summed E-state index contributed by atoms with van der Waals surface area (Å²) in [5, 5.41) is 0.